The van der Waals surface area contributed by atoms with E-state index in [1.54, 1.807) is 0 Å². The molecule has 0 aliphatic carbocycles. The number of carbonyl (C=O) groups is 2. The van der Waals surface area contributed by atoms with Crippen molar-refractivity contribution in [3.05, 3.63) is 47.7 Å². The zero-order valence-corrected chi connectivity index (χ0v) is 19.2. The smallest absolute Gasteiger partial charge is 0.245 e. The minimum atomic E-state index is -0.587. The zero-order chi connectivity index (χ0) is 22.8. The molecule has 3 aromatic rings. The van der Waals surface area contributed by atoms with Gasteiger partial charge in [-0.2, -0.15) is 0 Å². The molecular weight excluding hydrogens is 416 g/mol. The molecule has 33 heavy (non-hydrogen) atoms. The van der Waals surface area contributed by atoms with Gasteiger partial charge in [0, 0.05) is 62.4 Å². The molecule has 0 bridgehead atoms. The monoisotopic (exact) mass is 448 g/mol. The molecular formula is C25H32N6O2. The predicted molar refractivity (Wildman–Crippen MR) is 126 cm³/mol. The van der Waals surface area contributed by atoms with Gasteiger partial charge in [0.25, 0.3) is 0 Å². The third kappa shape index (κ3) is 4.51. The summed E-state index contributed by atoms with van der Waals surface area (Å²) in [5.74, 6) is 2.09. The highest BCUT2D eigenvalue weighted by atomic mass is 16.2. The first-order valence-corrected chi connectivity index (χ1v) is 12.1. The minimum absolute atomic E-state index is 0.0178. The molecule has 0 saturated carbocycles. The number of hydrogen-bond acceptors (Lipinski definition) is 4. The summed E-state index contributed by atoms with van der Waals surface area (Å²) in [6, 6.07) is 7.45. The lowest BCUT2D eigenvalue weighted by Crippen LogP contribution is -2.51. The van der Waals surface area contributed by atoms with Gasteiger partial charge in [-0.15, -0.1) is 10.2 Å². The van der Waals surface area contributed by atoms with E-state index in [2.05, 4.69) is 25.1 Å². The van der Waals surface area contributed by atoms with E-state index >= 15 is 0 Å². The molecule has 1 aromatic carbocycles. The highest BCUT2D eigenvalue weighted by molar-refractivity contribution is 5.89. The van der Waals surface area contributed by atoms with Crippen molar-refractivity contribution in [2.24, 2.45) is 0 Å². The number of amides is 2. The van der Waals surface area contributed by atoms with E-state index in [-0.39, 0.29) is 17.7 Å². The van der Waals surface area contributed by atoms with Crippen LogP contribution in [0.15, 0.2) is 30.5 Å². The molecule has 8 heteroatoms. The van der Waals surface area contributed by atoms with Gasteiger partial charge in [0.2, 0.25) is 11.8 Å². The Morgan fingerprint density at radius 3 is 2.91 bits per heavy atom. The Morgan fingerprint density at radius 2 is 2.03 bits per heavy atom. The summed E-state index contributed by atoms with van der Waals surface area (Å²) in [6.07, 6.45) is 8.87. The summed E-state index contributed by atoms with van der Waals surface area (Å²) in [5.41, 5.74) is 2.07. The normalized spacial score (nSPS) is 19.7. The summed E-state index contributed by atoms with van der Waals surface area (Å²) in [5, 5.41) is 13.0. The van der Waals surface area contributed by atoms with Crippen molar-refractivity contribution in [3.8, 4) is 0 Å². The fourth-order valence-corrected chi connectivity index (χ4v) is 5.38. The van der Waals surface area contributed by atoms with E-state index in [0.717, 1.165) is 60.3 Å². The SMILES string of the molecule is CC(=O)N[C@H](Cc1c[nH]c2ccccc12)C(=O)N1CCC[C@@H](c2nnc3n2CCCCC3)C1. The van der Waals surface area contributed by atoms with Gasteiger partial charge < -0.3 is 19.8 Å². The summed E-state index contributed by atoms with van der Waals surface area (Å²) in [4.78, 5) is 30.8. The van der Waals surface area contributed by atoms with Gasteiger partial charge in [0.15, 0.2) is 0 Å². The maximum absolute atomic E-state index is 13.6. The second-order valence-electron chi connectivity index (χ2n) is 9.38. The lowest BCUT2D eigenvalue weighted by molar-refractivity contribution is -0.137. The second kappa shape index (κ2) is 9.37. The van der Waals surface area contributed by atoms with Gasteiger partial charge in [-0.3, -0.25) is 9.59 Å². The van der Waals surface area contributed by atoms with E-state index in [1.807, 2.05) is 35.4 Å². The molecule has 2 aromatic heterocycles. The molecule has 5 rings (SSSR count). The molecule has 2 amide bonds. The molecule has 4 heterocycles. The Kier molecular flexibility index (Phi) is 6.15. The van der Waals surface area contributed by atoms with Gasteiger partial charge in [-0.05, 0) is 37.3 Å². The highest BCUT2D eigenvalue weighted by Crippen LogP contribution is 2.29. The van der Waals surface area contributed by atoms with Crippen LogP contribution in [-0.2, 0) is 29.0 Å². The standard InChI is InChI=1S/C25H32N6O2/c1-17(32)27-22(14-19-15-26-21-10-5-4-9-20(19)21)25(33)30-12-7-8-18(16-30)24-29-28-23-11-3-2-6-13-31(23)24/h4-5,9-10,15,18,22,26H,2-3,6-8,11-14,16H2,1H3,(H,27,32)/t18-,22-/m1/s1. The Bertz CT molecular complexity index is 1150. The van der Waals surface area contributed by atoms with Crippen LogP contribution in [0.5, 0.6) is 0 Å². The number of aromatic nitrogens is 4. The van der Waals surface area contributed by atoms with Crippen molar-refractivity contribution in [1.29, 1.82) is 0 Å². The molecule has 174 valence electrons. The number of nitrogens with one attached hydrogen (secondary N) is 2. The number of rotatable bonds is 5. The fourth-order valence-electron chi connectivity index (χ4n) is 5.38. The van der Waals surface area contributed by atoms with E-state index < -0.39 is 6.04 Å². The average Bonchev–Trinajstić information content (AvgIpc) is 3.34. The molecule has 0 unspecified atom stereocenters. The first-order chi connectivity index (χ1) is 16.1. The number of para-hydroxylation sites is 1. The number of aryl methyl sites for hydroxylation is 1. The van der Waals surface area contributed by atoms with Crippen molar-refractivity contribution >= 4 is 22.7 Å². The summed E-state index contributed by atoms with van der Waals surface area (Å²) in [7, 11) is 0. The number of piperidine rings is 1. The van der Waals surface area contributed by atoms with Crippen LogP contribution in [0, 0.1) is 0 Å². The molecule has 0 radical (unpaired) electrons. The number of H-pyrrole nitrogens is 1. The first kappa shape index (κ1) is 21.7. The van der Waals surface area contributed by atoms with E-state index in [9.17, 15) is 9.59 Å². The van der Waals surface area contributed by atoms with Crippen molar-refractivity contribution in [3.63, 3.8) is 0 Å². The molecule has 8 nitrogen and oxygen atoms in total. The van der Waals surface area contributed by atoms with Gasteiger partial charge in [0.05, 0.1) is 0 Å². The molecule has 2 N–H and O–H groups in total. The van der Waals surface area contributed by atoms with Gasteiger partial charge in [0.1, 0.15) is 17.7 Å². The van der Waals surface area contributed by atoms with Crippen LogP contribution in [0.4, 0.5) is 0 Å². The van der Waals surface area contributed by atoms with Crippen LogP contribution in [-0.4, -0.2) is 55.6 Å². The third-order valence-corrected chi connectivity index (χ3v) is 7.01. The van der Waals surface area contributed by atoms with Crippen LogP contribution in [0.1, 0.15) is 62.2 Å². The Balaban J connectivity index is 1.34. The van der Waals surface area contributed by atoms with Crippen molar-refractivity contribution in [2.75, 3.05) is 13.1 Å². The van der Waals surface area contributed by atoms with Crippen LogP contribution in [0.3, 0.4) is 0 Å². The predicted octanol–water partition coefficient (Wildman–Crippen LogP) is 2.94. The Hall–Kier alpha value is -3.16. The van der Waals surface area contributed by atoms with Crippen molar-refractivity contribution in [1.82, 2.24) is 30.0 Å². The molecule has 2 aliphatic heterocycles. The zero-order valence-electron chi connectivity index (χ0n) is 19.2. The minimum Gasteiger partial charge on any atom is -0.361 e. The lowest BCUT2D eigenvalue weighted by Gasteiger charge is -2.35. The maximum atomic E-state index is 13.6. The second-order valence-corrected chi connectivity index (χ2v) is 9.38. The van der Waals surface area contributed by atoms with Crippen LogP contribution >= 0.6 is 0 Å². The maximum Gasteiger partial charge on any atom is 0.245 e. The molecule has 0 spiro atoms. The average molecular weight is 449 g/mol. The largest absolute Gasteiger partial charge is 0.361 e. The lowest BCUT2D eigenvalue weighted by atomic mass is 9.95. The van der Waals surface area contributed by atoms with E-state index in [4.69, 9.17) is 0 Å². The number of benzene rings is 1. The van der Waals surface area contributed by atoms with Crippen molar-refractivity contribution in [2.45, 2.75) is 70.4 Å². The number of hydrogen-bond donors (Lipinski definition) is 2. The Labute approximate surface area is 193 Å². The third-order valence-electron chi connectivity index (χ3n) is 7.01. The summed E-state index contributed by atoms with van der Waals surface area (Å²) >= 11 is 0. The first-order valence-electron chi connectivity index (χ1n) is 12.1. The quantitative estimate of drug-likeness (QED) is 0.627. The van der Waals surface area contributed by atoms with Gasteiger partial charge in [-0.1, -0.05) is 24.6 Å². The van der Waals surface area contributed by atoms with E-state index in [0.29, 0.717) is 19.5 Å². The summed E-state index contributed by atoms with van der Waals surface area (Å²) in [6.45, 7) is 3.78. The topological polar surface area (TPSA) is 95.9 Å². The van der Waals surface area contributed by atoms with E-state index in [1.165, 1.54) is 19.8 Å². The van der Waals surface area contributed by atoms with Crippen LogP contribution in [0.25, 0.3) is 10.9 Å². The molecule has 1 fully saturated rings. The number of fused-ring (bicyclic) bond motifs is 2. The molecule has 1 saturated heterocycles. The number of carbonyl (C=O) groups excluding carboxylic acids is 2. The highest BCUT2D eigenvalue weighted by Gasteiger charge is 2.33. The number of aromatic amines is 1. The summed E-state index contributed by atoms with van der Waals surface area (Å²) < 4.78 is 2.29. The van der Waals surface area contributed by atoms with Crippen molar-refractivity contribution < 1.29 is 9.59 Å². The van der Waals surface area contributed by atoms with Gasteiger partial charge in [-0.25, -0.2) is 0 Å². The fraction of sp³-hybridized carbons (Fsp3) is 0.520. The van der Waals surface area contributed by atoms with Gasteiger partial charge >= 0.3 is 0 Å². The Morgan fingerprint density at radius 1 is 1.15 bits per heavy atom. The number of likely N-dealkylation sites (tertiary alicyclic amines) is 1. The number of nitrogens with zero attached hydrogens (tertiary/aromatic N) is 4. The molecule has 2 atom stereocenters. The molecule has 2 aliphatic rings. The van der Waals surface area contributed by atoms with Crippen LogP contribution in [0.2, 0.25) is 0 Å². The van der Waals surface area contributed by atoms with Crippen LogP contribution < -0.4 is 5.32 Å².